The predicted octanol–water partition coefficient (Wildman–Crippen LogP) is 4.05. The lowest BCUT2D eigenvalue weighted by atomic mass is 10.1. The first-order valence-corrected chi connectivity index (χ1v) is 9.12. The summed E-state index contributed by atoms with van der Waals surface area (Å²) in [5.74, 6) is -1.08. The van der Waals surface area contributed by atoms with Crippen molar-refractivity contribution in [3.05, 3.63) is 75.0 Å². The van der Waals surface area contributed by atoms with Crippen LogP contribution in [0.2, 0.25) is 0 Å². The Bertz CT molecular complexity index is 1170. The number of carbonyl (C=O) groups is 1. The van der Waals surface area contributed by atoms with Gasteiger partial charge in [-0.1, -0.05) is 12.1 Å². The summed E-state index contributed by atoms with van der Waals surface area (Å²) < 4.78 is 54.0. The Morgan fingerprint density at radius 3 is 2.33 bits per heavy atom. The number of rotatable bonds is 4. The van der Waals surface area contributed by atoms with Crippen LogP contribution < -0.4 is 10.9 Å². The van der Waals surface area contributed by atoms with Crippen LogP contribution in [0.3, 0.4) is 0 Å². The van der Waals surface area contributed by atoms with Crippen LogP contribution in [0.5, 0.6) is 0 Å². The van der Waals surface area contributed by atoms with Crippen molar-refractivity contribution in [2.75, 3.05) is 0 Å². The quantitative estimate of drug-likeness (QED) is 0.647. The lowest BCUT2D eigenvalue weighted by Gasteiger charge is -2.20. The molecule has 0 saturated heterocycles. The number of nitrogens with zero attached hydrogens (tertiary/aromatic N) is 2. The number of hydrogen-bond donors (Lipinski definition) is 1. The van der Waals surface area contributed by atoms with Crippen molar-refractivity contribution in [3.63, 3.8) is 0 Å². The van der Waals surface area contributed by atoms with E-state index >= 15 is 0 Å². The first-order valence-electron chi connectivity index (χ1n) is 9.12. The Labute approximate surface area is 169 Å². The third-order valence-electron chi connectivity index (χ3n) is 4.92. The maximum atomic E-state index is 13.4. The van der Waals surface area contributed by atoms with Gasteiger partial charge in [-0.05, 0) is 61.7 Å². The summed E-state index contributed by atoms with van der Waals surface area (Å²) in [6, 6.07) is 7.18. The molecule has 9 heteroatoms. The van der Waals surface area contributed by atoms with Gasteiger partial charge < -0.3 is 5.32 Å². The second-order valence-electron chi connectivity index (χ2n) is 7.08. The third kappa shape index (κ3) is 4.19. The lowest BCUT2D eigenvalue weighted by molar-refractivity contribution is -0.142. The van der Waals surface area contributed by atoms with E-state index in [0.717, 1.165) is 10.1 Å². The van der Waals surface area contributed by atoms with E-state index in [4.69, 9.17) is 0 Å². The minimum absolute atomic E-state index is 0.0248. The van der Waals surface area contributed by atoms with Gasteiger partial charge in [0.25, 0.3) is 5.56 Å². The summed E-state index contributed by atoms with van der Waals surface area (Å²) in [5, 5.41) is 2.57. The first-order chi connectivity index (χ1) is 14.0. The van der Waals surface area contributed by atoms with Crippen LogP contribution in [0.4, 0.5) is 17.6 Å². The largest absolute Gasteiger partial charge is 0.438 e. The maximum Gasteiger partial charge on any atom is 0.438 e. The normalized spacial score (nSPS) is 12.8. The zero-order valence-corrected chi connectivity index (χ0v) is 16.5. The van der Waals surface area contributed by atoms with Crippen LogP contribution in [0.1, 0.15) is 35.3 Å². The number of fused-ring (bicyclic) bond motifs is 1. The molecular formula is C21H19F4N3O2. The number of benzene rings is 2. The van der Waals surface area contributed by atoms with Crippen molar-refractivity contribution in [1.82, 2.24) is 14.9 Å². The van der Waals surface area contributed by atoms with Crippen LogP contribution in [-0.4, -0.2) is 15.5 Å². The van der Waals surface area contributed by atoms with Gasteiger partial charge in [-0.2, -0.15) is 13.2 Å². The molecule has 0 spiro atoms. The Hall–Kier alpha value is -3.23. The standard InChI is InChI=1S/C21H19F4N3O2/c1-11-8-16-17(9-12(11)2)28(20(30)18(27-16)21(23,24)25)13(3)19(29)26-10-14-4-6-15(22)7-5-14/h4-9,13H,10H2,1-3H3,(H,26,29)/t13-/m0/s1. The average Bonchev–Trinajstić information content (AvgIpc) is 2.67. The van der Waals surface area contributed by atoms with Crippen molar-refractivity contribution in [2.24, 2.45) is 0 Å². The molecule has 0 aliphatic carbocycles. The number of alkyl halides is 3. The van der Waals surface area contributed by atoms with E-state index in [0.29, 0.717) is 11.1 Å². The summed E-state index contributed by atoms with van der Waals surface area (Å²) in [6.45, 7) is 4.85. The van der Waals surface area contributed by atoms with Crippen LogP contribution in [0.25, 0.3) is 11.0 Å². The fourth-order valence-corrected chi connectivity index (χ4v) is 3.09. The van der Waals surface area contributed by atoms with Gasteiger partial charge in [0.05, 0.1) is 11.0 Å². The maximum absolute atomic E-state index is 13.4. The Balaban J connectivity index is 2.04. The summed E-state index contributed by atoms with van der Waals surface area (Å²) in [7, 11) is 0. The monoisotopic (exact) mass is 421 g/mol. The number of aryl methyl sites for hydroxylation is 2. The van der Waals surface area contributed by atoms with Crippen LogP contribution in [0.15, 0.2) is 41.2 Å². The molecule has 158 valence electrons. The van der Waals surface area contributed by atoms with Crippen LogP contribution >= 0.6 is 0 Å². The van der Waals surface area contributed by atoms with Gasteiger partial charge in [-0.15, -0.1) is 0 Å². The van der Waals surface area contributed by atoms with E-state index in [-0.39, 0.29) is 17.6 Å². The van der Waals surface area contributed by atoms with Gasteiger partial charge in [0.2, 0.25) is 11.6 Å². The molecule has 0 aliphatic heterocycles. The molecule has 0 fully saturated rings. The van der Waals surface area contributed by atoms with E-state index in [1.807, 2.05) is 0 Å². The highest BCUT2D eigenvalue weighted by atomic mass is 19.4. The summed E-state index contributed by atoms with van der Waals surface area (Å²) >= 11 is 0. The number of aromatic nitrogens is 2. The second kappa shape index (κ2) is 7.89. The predicted molar refractivity (Wildman–Crippen MR) is 103 cm³/mol. The molecule has 3 rings (SSSR count). The SMILES string of the molecule is Cc1cc2nc(C(F)(F)F)c(=O)n([C@@H](C)C(=O)NCc3ccc(F)cc3)c2cc1C. The molecule has 0 aliphatic rings. The van der Waals surface area contributed by atoms with Crippen molar-refractivity contribution in [2.45, 2.75) is 39.5 Å². The molecule has 1 aromatic heterocycles. The molecule has 5 nitrogen and oxygen atoms in total. The molecule has 1 amide bonds. The third-order valence-corrected chi connectivity index (χ3v) is 4.92. The summed E-state index contributed by atoms with van der Waals surface area (Å²) in [5.41, 5.74) is -0.785. The highest BCUT2D eigenvalue weighted by molar-refractivity contribution is 5.84. The molecule has 30 heavy (non-hydrogen) atoms. The van der Waals surface area contributed by atoms with Crippen molar-refractivity contribution in [3.8, 4) is 0 Å². The zero-order valence-electron chi connectivity index (χ0n) is 16.5. The number of halogens is 4. The van der Waals surface area contributed by atoms with E-state index in [2.05, 4.69) is 10.3 Å². The first kappa shape index (κ1) is 21.5. The van der Waals surface area contributed by atoms with Crippen molar-refractivity contribution in [1.29, 1.82) is 0 Å². The van der Waals surface area contributed by atoms with Crippen LogP contribution in [0, 0.1) is 19.7 Å². The second-order valence-corrected chi connectivity index (χ2v) is 7.08. The molecule has 1 heterocycles. The Morgan fingerprint density at radius 2 is 1.73 bits per heavy atom. The van der Waals surface area contributed by atoms with Gasteiger partial charge in [-0.25, -0.2) is 9.37 Å². The molecule has 1 atom stereocenters. The van der Waals surface area contributed by atoms with Crippen molar-refractivity contribution >= 4 is 16.9 Å². The minimum atomic E-state index is -4.96. The van der Waals surface area contributed by atoms with Crippen molar-refractivity contribution < 1.29 is 22.4 Å². The molecular weight excluding hydrogens is 402 g/mol. The number of nitrogens with one attached hydrogen (secondary N) is 1. The van der Waals surface area contributed by atoms with E-state index in [9.17, 15) is 27.2 Å². The van der Waals surface area contributed by atoms with Gasteiger partial charge in [-0.3, -0.25) is 14.2 Å². The number of hydrogen-bond acceptors (Lipinski definition) is 3. The summed E-state index contributed by atoms with van der Waals surface area (Å²) in [6.07, 6.45) is -4.96. The molecule has 1 N–H and O–H groups in total. The van der Waals surface area contributed by atoms with Gasteiger partial charge in [0, 0.05) is 6.54 Å². The molecule has 0 saturated carbocycles. The number of carbonyl (C=O) groups excluding carboxylic acids is 1. The topological polar surface area (TPSA) is 64.0 Å². The Morgan fingerprint density at radius 1 is 1.13 bits per heavy atom. The molecule has 3 aromatic rings. The van der Waals surface area contributed by atoms with Gasteiger partial charge >= 0.3 is 6.18 Å². The smallest absolute Gasteiger partial charge is 0.350 e. The average molecular weight is 421 g/mol. The van der Waals surface area contributed by atoms with Gasteiger partial charge in [0.1, 0.15) is 11.9 Å². The molecule has 0 unspecified atom stereocenters. The highest BCUT2D eigenvalue weighted by Crippen LogP contribution is 2.28. The highest BCUT2D eigenvalue weighted by Gasteiger charge is 2.38. The zero-order chi connectivity index (χ0) is 22.2. The Kier molecular flexibility index (Phi) is 5.65. The molecule has 0 radical (unpaired) electrons. The fraction of sp³-hybridized carbons (Fsp3) is 0.286. The van der Waals surface area contributed by atoms with Gasteiger partial charge in [0.15, 0.2) is 0 Å². The fourth-order valence-electron chi connectivity index (χ4n) is 3.09. The van der Waals surface area contributed by atoms with E-state index in [1.165, 1.54) is 37.3 Å². The number of amides is 1. The van der Waals surface area contributed by atoms with Crippen LogP contribution in [-0.2, 0) is 17.5 Å². The molecule has 0 bridgehead atoms. The van der Waals surface area contributed by atoms with E-state index in [1.54, 1.807) is 19.9 Å². The van der Waals surface area contributed by atoms with E-state index < -0.39 is 35.2 Å². The minimum Gasteiger partial charge on any atom is -0.350 e. The lowest BCUT2D eigenvalue weighted by Crippen LogP contribution is -2.39. The molecule has 2 aromatic carbocycles. The summed E-state index contributed by atoms with van der Waals surface area (Å²) in [4.78, 5) is 28.8.